The van der Waals surface area contributed by atoms with Gasteiger partial charge in [0.05, 0.1) is 6.54 Å². The Morgan fingerprint density at radius 3 is 2.44 bits per heavy atom. The molecule has 2 aromatic rings. The Kier molecular flexibility index (Phi) is 3.99. The van der Waals surface area contributed by atoms with Gasteiger partial charge < -0.3 is 10.6 Å². The van der Waals surface area contributed by atoms with E-state index in [1.807, 2.05) is 37.4 Å². The van der Waals surface area contributed by atoms with Crippen LogP contribution in [-0.2, 0) is 6.54 Å². The molecule has 0 radical (unpaired) electrons. The molecule has 1 aromatic carbocycles. The average Bonchev–Trinajstić information content (AvgIpc) is 2.82. The molecule has 0 unspecified atom stereocenters. The maximum Gasteiger partial charge on any atom is 0.251 e. The summed E-state index contributed by atoms with van der Waals surface area (Å²) in [5.41, 5.74) is 1.68. The molecule has 0 aliphatic rings. The second kappa shape index (κ2) is 5.69. The van der Waals surface area contributed by atoms with Crippen molar-refractivity contribution in [1.82, 2.24) is 5.32 Å². The van der Waals surface area contributed by atoms with Gasteiger partial charge in [-0.05, 0) is 43.3 Å². The first-order valence-electron chi connectivity index (χ1n) is 5.80. The number of aryl methyl sites for hydroxylation is 1. The minimum Gasteiger partial charge on any atom is -0.388 e. The molecule has 0 spiro atoms. The fourth-order valence-electron chi connectivity index (χ4n) is 1.64. The molecule has 0 fully saturated rings. The summed E-state index contributed by atoms with van der Waals surface area (Å²) in [6, 6.07) is 11.5. The van der Waals surface area contributed by atoms with Crippen LogP contribution >= 0.6 is 11.3 Å². The Balaban J connectivity index is 1.94. The molecule has 0 aliphatic carbocycles. The van der Waals surface area contributed by atoms with E-state index < -0.39 is 0 Å². The van der Waals surface area contributed by atoms with E-state index in [9.17, 15) is 4.79 Å². The van der Waals surface area contributed by atoms with Crippen molar-refractivity contribution in [3.8, 4) is 0 Å². The highest BCUT2D eigenvalue weighted by Crippen LogP contribution is 2.15. The second-order valence-corrected chi connectivity index (χ2v) is 5.39. The van der Waals surface area contributed by atoms with E-state index in [0.29, 0.717) is 12.1 Å². The van der Waals surface area contributed by atoms with Gasteiger partial charge in [0.25, 0.3) is 5.91 Å². The van der Waals surface area contributed by atoms with Crippen LogP contribution in [0.15, 0.2) is 36.4 Å². The lowest BCUT2D eigenvalue weighted by molar-refractivity contribution is 0.0951. The Labute approximate surface area is 111 Å². The summed E-state index contributed by atoms with van der Waals surface area (Å²) in [5.74, 6) is -0.0382. The predicted molar refractivity (Wildman–Crippen MR) is 76.2 cm³/mol. The number of rotatable bonds is 4. The highest BCUT2D eigenvalue weighted by atomic mass is 32.1. The van der Waals surface area contributed by atoms with Crippen molar-refractivity contribution in [3.05, 3.63) is 51.7 Å². The monoisotopic (exact) mass is 260 g/mol. The lowest BCUT2D eigenvalue weighted by Crippen LogP contribution is -2.22. The maximum atomic E-state index is 11.9. The fraction of sp³-hybridized carbons (Fsp3) is 0.214. The third-order valence-electron chi connectivity index (χ3n) is 2.65. The van der Waals surface area contributed by atoms with Crippen LogP contribution < -0.4 is 10.6 Å². The van der Waals surface area contributed by atoms with Crippen molar-refractivity contribution in [2.45, 2.75) is 13.5 Å². The number of benzene rings is 1. The van der Waals surface area contributed by atoms with E-state index in [1.54, 1.807) is 11.3 Å². The van der Waals surface area contributed by atoms with Crippen LogP contribution in [0.2, 0.25) is 0 Å². The number of nitrogens with one attached hydrogen (secondary N) is 2. The molecule has 18 heavy (non-hydrogen) atoms. The van der Waals surface area contributed by atoms with Gasteiger partial charge in [-0.2, -0.15) is 0 Å². The van der Waals surface area contributed by atoms with E-state index in [0.717, 1.165) is 5.69 Å². The Bertz CT molecular complexity index is 531. The molecule has 0 saturated heterocycles. The molecule has 0 saturated carbocycles. The fourth-order valence-corrected chi connectivity index (χ4v) is 2.47. The highest BCUT2D eigenvalue weighted by molar-refractivity contribution is 7.11. The zero-order valence-electron chi connectivity index (χ0n) is 10.5. The standard InChI is InChI=1S/C14H16N2OS/c1-10-3-8-13(18-10)9-16-14(17)11-4-6-12(15-2)7-5-11/h3-8,15H,9H2,1-2H3,(H,16,17). The summed E-state index contributed by atoms with van der Waals surface area (Å²) in [6.45, 7) is 2.65. The normalized spacial score (nSPS) is 10.1. The van der Waals surface area contributed by atoms with Crippen molar-refractivity contribution < 1.29 is 4.79 Å². The Morgan fingerprint density at radius 1 is 1.17 bits per heavy atom. The lowest BCUT2D eigenvalue weighted by atomic mass is 10.2. The molecule has 1 heterocycles. The lowest BCUT2D eigenvalue weighted by Gasteiger charge is -2.05. The topological polar surface area (TPSA) is 41.1 Å². The number of amides is 1. The minimum atomic E-state index is -0.0382. The molecule has 2 N–H and O–H groups in total. The van der Waals surface area contributed by atoms with Gasteiger partial charge in [0.1, 0.15) is 0 Å². The third-order valence-corrected chi connectivity index (χ3v) is 3.66. The predicted octanol–water partition coefficient (Wildman–Crippen LogP) is 3.03. The van der Waals surface area contributed by atoms with Gasteiger partial charge in [-0.25, -0.2) is 0 Å². The zero-order valence-corrected chi connectivity index (χ0v) is 11.3. The second-order valence-electron chi connectivity index (χ2n) is 4.02. The van der Waals surface area contributed by atoms with Crippen LogP contribution in [0.4, 0.5) is 5.69 Å². The molecule has 4 heteroatoms. The van der Waals surface area contributed by atoms with Crippen LogP contribution in [0.3, 0.4) is 0 Å². The van der Waals surface area contributed by atoms with Crippen LogP contribution in [0.25, 0.3) is 0 Å². The van der Waals surface area contributed by atoms with Crippen molar-refractivity contribution in [1.29, 1.82) is 0 Å². The highest BCUT2D eigenvalue weighted by Gasteiger charge is 2.05. The first kappa shape index (κ1) is 12.6. The van der Waals surface area contributed by atoms with Gasteiger partial charge in [-0.1, -0.05) is 0 Å². The maximum absolute atomic E-state index is 11.9. The van der Waals surface area contributed by atoms with Crippen molar-refractivity contribution >= 4 is 22.9 Å². The molecule has 94 valence electrons. The summed E-state index contributed by atoms with van der Waals surface area (Å²) >= 11 is 1.71. The molecular formula is C14H16N2OS. The summed E-state index contributed by atoms with van der Waals surface area (Å²) in [7, 11) is 1.86. The molecule has 1 aromatic heterocycles. The summed E-state index contributed by atoms with van der Waals surface area (Å²) in [6.07, 6.45) is 0. The van der Waals surface area contributed by atoms with E-state index in [-0.39, 0.29) is 5.91 Å². The van der Waals surface area contributed by atoms with E-state index in [4.69, 9.17) is 0 Å². The van der Waals surface area contributed by atoms with Crippen LogP contribution in [0.5, 0.6) is 0 Å². The van der Waals surface area contributed by atoms with E-state index in [1.165, 1.54) is 9.75 Å². The molecule has 3 nitrogen and oxygen atoms in total. The van der Waals surface area contributed by atoms with Gasteiger partial charge in [0.2, 0.25) is 0 Å². The van der Waals surface area contributed by atoms with Crippen LogP contribution in [-0.4, -0.2) is 13.0 Å². The molecule has 1 amide bonds. The first-order chi connectivity index (χ1) is 8.69. The molecule has 0 atom stereocenters. The Hall–Kier alpha value is -1.81. The minimum absolute atomic E-state index is 0.0382. The molecule has 2 rings (SSSR count). The smallest absolute Gasteiger partial charge is 0.251 e. The van der Waals surface area contributed by atoms with Crippen molar-refractivity contribution in [2.75, 3.05) is 12.4 Å². The zero-order chi connectivity index (χ0) is 13.0. The first-order valence-corrected chi connectivity index (χ1v) is 6.62. The Morgan fingerprint density at radius 2 is 1.89 bits per heavy atom. The number of thiophene rings is 1. The number of carbonyl (C=O) groups excluding carboxylic acids is 1. The van der Waals surface area contributed by atoms with Crippen LogP contribution in [0.1, 0.15) is 20.1 Å². The quantitative estimate of drug-likeness (QED) is 0.887. The number of carbonyl (C=O) groups is 1. The SMILES string of the molecule is CNc1ccc(C(=O)NCc2ccc(C)s2)cc1. The third kappa shape index (κ3) is 3.11. The summed E-state index contributed by atoms with van der Waals surface area (Å²) in [5, 5.41) is 5.94. The van der Waals surface area contributed by atoms with Gasteiger partial charge in [0, 0.05) is 28.1 Å². The molecule has 0 aliphatic heterocycles. The van der Waals surface area contributed by atoms with Gasteiger partial charge in [-0.15, -0.1) is 11.3 Å². The largest absolute Gasteiger partial charge is 0.388 e. The number of hydrogen-bond acceptors (Lipinski definition) is 3. The number of anilines is 1. The number of hydrogen-bond donors (Lipinski definition) is 2. The van der Waals surface area contributed by atoms with Gasteiger partial charge >= 0.3 is 0 Å². The molecule has 0 bridgehead atoms. The van der Waals surface area contributed by atoms with Gasteiger partial charge in [-0.3, -0.25) is 4.79 Å². The summed E-state index contributed by atoms with van der Waals surface area (Å²) in [4.78, 5) is 14.3. The van der Waals surface area contributed by atoms with Crippen molar-refractivity contribution in [2.24, 2.45) is 0 Å². The van der Waals surface area contributed by atoms with E-state index in [2.05, 4.69) is 23.6 Å². The van der Waals surface area contributed by atoms with Gasteiger partial charge in [0.15, 0.2) is 0 Å². The van der Waals surface area contributed by atoms with Crippen LogP contribution in [0, 0.1) is 6.92 Å². The van der Waals surface area contributed by atoms with E-state index >= 15 is 0 Å². The summed E-state index contributed by atoms with van der Waals surface area (Å²) < 4.78 is 0. The van der Waals surface area contributed by atoms with Crippen molar-refractivity contribution in [3.63, 3.8) is 0 Å². The average molecular weight is 260 g/mol. The molecular weight excluding hydrogens is 244 g/mol.